The summed E-state index contributed by atoms with van der Waals surface area (Å²) in [5, 5.41) is 0. The molecule has 0 N–H and O–H groups in total. The standard InChI is InChI=1S/C17H16BrFN2O4S/c1-25-17(22)10-20-11-21(9-12-6-7-13(18)8-14(12)19)26(23,24)16-5-3-2-4-15(16)20/h2-8H,9-11H2,1H3. The van der Waals surface area contributed by atoms with Crippen LogP contribution in [0.4, 0.5) is 10.1 Å². The maximum absolute atomic E-state index is 14.2. The minimum absolute atomic E-state index is 0.0765. The second-order valence-corrected chi connectivity index (χ2v) is 8.56. The number of esters is 1. The monoisotopic (exact) mass is 442 g/mol. The highest BCUT2D eigenvalue weighted by molar-refractivity contribution is 9.10. The number of benzene rings is 2. The van der Waals surface area contributed by atoms with E-state index in [0.717, 1.165) is 4.31 Å². The lowest BCUT2D eigenvalue weighted by Gasteiger charge is -2.37. The highest BCUT2D eigenvalue weighted by Crippen LogP contribution is 2.34. The fourth-order valence-corrected chi connectivity index (χ4v) is 4.67. The van der Waals surface area contributed by atoms with Gasteiger partial charge in [0.2, 0.25) is 10.0 Å². The van der Waals surface area contributed by atoms with Crippen LogP contribution in [0.1, 0.15) is 5.56 Å². The Kier molecular flexibility index (Phi) is 5.31. The Hall–Kier alpha value is -1.97. The van der Waals surface area contributed by atoms with Gasteiger partial charge in [-0.25, -0.2) is 12.8 Å². The molecule has 0 bridgehead atoms. The van der Waals surface area contributed by atoms with Gasteiger partial charge in [-0.1, -0.05) is 34.1 Å². The summed E-state index contributed by atoms with van der Waals surface area (Å²) in [4.78, 5) is 13.4. The van der Waals surface area contributed by atoms with Gasteiger partial charge < -0.3 is 9.64 Å². The fourth-order valence-electron chi connectivity index (χ4n) is 2.75. The predicted octanol–water partition coefficient (Wildman–Crippen LogP) is 2.73. The molecule has 0 radical (unpaired) electrons. The van der Waals surface area contributed by atoms with Gasteiger partial charge in [-0.3, -0.25) is 4.79 Å². The maximum Gasteiger partial charge on any atom is 0.325 e. The number of sulfonamides is 1. The molecule has 1 heterocycles. The number of hydrogen-bond donors (Lipinski definition) is 0. The molecule has 0 amide bonds. The molecular weight excluding hydrogens is 427 g/mol. The normalized spacial score (nSPS) is 16.2. The summed E-state index contributed by atoms with van der Waals surface area (Å²) in [6.45, 7) is -0.334. The van der Waals surface area contributed by atoms with E-state index in [1.165, 1.54) is 25.3 Å². The van der Waals surface area contributed by atoms with E-state index in [1.54, 1.807) is 29.2 Å². The molecule has 9 heteroatoms. The van der Waals surface area contributed by atoms with Crippen LogP contribution >= 0.6 is 15.9 Å². The Morgan fingerprint density at radius 2 is 2.00 bits per heavy atom. The number of halogens is 2. The predicted molar refractivity (Wildman–Crippen MR) is 97.5 cm³/mol. The van der Waals surface area contributed by atoms with Crippen LogP contribution in [-0.2, 0) is 26.1 Å². The Morgan fingerprint density at radius 3 is 2.69 bits per heavy atom. The van der Waals surface area contributed by atoms with Crippen LogP contribution in [0.5, 0.6) is 0 Å². The summed E-state index contributed by atoms with van der Waals surface area (Å²) in [6, 6.07) is 10.9. The number of hydrogen-bond acceptors (Lipinski definition) is 5. The molecule has 0 aliphatic carbocycles. The Bertz CT molecular complexity index is 952. The van der Waals surface area contributed by atoms with Gasteiger partial charge in [0, 0.05) is 16.6 Å². The average molecular weight is 443 g/mol. The first-order valence-corrected chi connectivity index (χ1v) is 9.91. The summed E-state index contributed by atoms with van der Waals surface area (Å²) in [7, 11) is -2.55. The van der Waals surface area contributed by atoms with E-state index in [0.29, 0.717) is 10.2 Å². The number of para-hydroxylation sites is 1. The lowest BCUT2D eigenvalue weighted by molar-refractivity contribution is -0.139. The quantitative estimate of drug-likeness (QED) is 0.680. The zero-order valence-corrected chi connectivity index (χ0v) is 16.3. The van der Waals surface area contributed by atoms with Crippen LogP contribution in [0, 0.1) is 5.82 Å². The molecule has 0 aromatic heterocycles. The van der Waals surface area contributed by atoms with Gasteiger partial charge in [0.1, 0.15) is 17.3 Å². The first-order valence-electron chi connectivity index (χ1n) is 7.68. The molecule has 1 aliphatic rings. The van der Waals surface area contributed by atoms with Gasteiger partial charge in [0.05, 0.1) is 19.5 Å². The first-order chi connectivity index (χ1) is 12.3. The molecule has 0 saturated carbocycles. The van der Waals surface area contributed by atoms with Crippen molar-refractivity contribution in [3.63, 3.8) is 0 Å². The number of fused-ring (bicyclic) bond motifs is 1. The highest BCUT2D eigenvalue weighted by atomic mass is 79.9. The van der Waals surface area contributed by atoms with E-state index < -0.39 is 21.8 Å². The van der Waals surface area contributed by atoms with E-state index in [2.05, 4.69) is 15.9 Å². The maximum atomic E-state index is 14.2. The van der Waals surface area contributed by atoms with Crippen molar-refractivity contribution in [1.29, 1.82) is 0 Å². The third kappa shape index (κ3) is 3.60. The van der Waals surface area contributed by atoms with Crippen molar-refractivity contribution in [3.05, 3.63) is 58.3 Å². The van der Waals surface area contributed by atoms with Crippen LogP contribution in [0.15, 0.2) is 51.8 Å². The molecule has 2 aromatic rings. The molecule has 138 valence electrons. The Labute approximate surface area is 159 Å². The van der Waals surface area contributed by atoms with Crippen LogP contribution < -0.4 is 4.90 Å². The number of ether oxygens (including phenoxy) is 1. The molecule has 26 heavy (non-hydrogen) atoms. The van der Waals surface area contributed by atoms with Gasteiger partial charge in [0.25, 0.3) is 0 Å². The van der Waals surface area contributed by atoms with Crippen molar-refractivity contribution in [2.24, 2.45) is 0 Å². The van der Waals surface area contributed by atoms with E-state index in [-0.39, 0.29) is 30.2 Å². The van der Waals surface area contributed by atoms with Gasteiger partial charge in [-0.05, 0) is 24.3 Å². The SMILES string of the molecule is COC(=O)CN1CN(Cc2ccc(Br)cc2F)S(=O)(=O)c2ccccc21. The summed E-state index contributed by atoms with van der Waals surface area (Å²) in [5.41, 5.74) is 0.666. The van der Waals surface area contributed by atoms with Gasteiger partial charge in [-0.2, -0.15) is 4.31 Å². The fraction of sp³-hybridized carbons (Fsp3) is 0.235. The average Bonchev–Trinajstić information content (AvgIpc) is 2.61. The zero-order valence-electron chi connectivity index (χ0n) is 13.9. The van der Waals surface area contributed by atoms with E-state index in [1.807, 2.05) is 0 Å². The molecule has 0 saturated heterocycles. The lowest BCUT2D eigenvalue weighted by Crippen LogP contribution is -2.47. The molecular formula is C17H16BrFN2O4S. The van der Waals surface area contributed by atoms with Gasteiger partial charge in [0.15, 0.2) is 0 Å². The molecule has 3 rings (SSSR count). The third-order valence-electron chi connectivity index (χ3n) is 4.06. The van der Waals surface area contributed by atoms with Crippen LogP contribution in [0.25, 0.3) is 0 Å². The molecule has 0 atom stereocenters. The molecule has 2 aromatic carbocycles. The number of rotatable bonds is 4. The highest BCUT2D eigenvalue weighted by Gasteiger charge is 2.36. The number of methoxy groups -OCH3 is 1. The number of anilines is 1. The molecule has 1 aliphatic heterocycles. The third-order valence-corrected chi connectivity index (χ3v) is 6.38. The Morgan fingerprint density at radius 1 is 1.27 bits per heavy atom. The summed E-state index contributed by atoms with van der Waals surface area (Å²) in [5.74, 6) is -0.998. The van der Waals surface area contributed by atoms with Crippen molar-refractivity contribution < 1.29 is 22.3 Å². The van der Waals surface area contributed by atoms with Crippen LogP contribution in [-0.4, -0.2) is 39.0 Å². The summed E-state index contributed by atoms with van der Waals surface area (Å²) < 4.78 is 46.5. The van der Waals surface area contributed by atoms with E-state index >= 15 is 0 Å². The largest absolute Gasteiger partial charge is 0.468 e. The van der Waals surface area contributed by atoms with Gasteiger partial charge >= 0.3 is 5.97 Å². The molecule has 0 spiro atoms. The van der Waals surface area contributed by atoms with Crippen molar-refractivity contribution in [2.45, 2.75) is 11.4 Å². The van der Waals surface area contributed by atoms with Crippen molar-refractivity contribution in [1.82, 2.24) is 4.31 Å². The number of carbonyl (C=O) groups is 1. The second-order valence-electron chi connectivity index (χ2n) is 5.73. The topological polar surface area (TPSA) is 66.9 Å². The van der Waals surface area contributed by atoms with Crippen molar-refractivity contribution in [3.8, 4) is 0 Å². The summed E-state index contributed by atoms with van der Waals surface area (Å²) in [6.07, 6.45) is 0. The van der Waals surface area contributed by atoms with E-state index in [4.69, 9.17) is 4.74 Å². The Balaban J connectivity index is 1.99. The number of carbonyl (C=O) groups excluding carboxylic acids is 1. The second kappa shape index (κ2) is 7.34. The zero-order chi connectivity index (χ0) is 18.9. The lowest BCUT2D eigenvalue weighted by atomic mass is 10.2. The minimum Gasteiger partial charge on any atom is -0.468 e. The summed E-state index contributed by atoms with van der Waals surface area (Å²) >= 11 is 3.18. The van der Waals surface area contributed by atoms with Gasteiger partial charge in [-0.15, -0.1) is 0 Å². The van der Waals surface area contributed by atoms with Crippen molar-refractivity contribution >= 4 is 37.6 Å². The molecule has 6 nitrogen and oxygen atoms in total. The molecule has 0 fully saturated rings. The number of nitrogens with zero attached hydrogens (tertiary/aromatic N) is 2. The molecule has 0 unspecified atom stereocenters. The van der Waals surface area contributed by atoms with Crippen LogP contribution in [0.3, 0.4) is 0 Å². The minimum atomic E-state index is -3.82. The first kappa shape index (κ1) is 18.8. The van der Waals surface area contributed by atoms with E-state index in [9.17, 15) is 17.6 Å². The van der Waals surface area contributed by atoms with Crippen molar-refractivity contribution in [2.75, 3.05) is 25.2 Å². The smallest absolute Gasteiger partial charge is 0.325 e. The van der Waals surface area contributed by atoms with Crippen LogP contribution in [0.2, 0.25) is 0 Å².